The third kappa shape index (κ3) is 0.330. The molecule has 5 atom stereocenters. The first-order valence-corrected chi connectivity index (χ1v) is 4.18. The SMILES string of the molecule is C1[C@H]2C[C@]3(CO3)[C@H]1[C@H]1O[C@H]21. The van der Waals surface area contributed by atoms with Crippen LogP contribution in [0.2, 0.25) is 0 Å². The number of hydrogen-bond acceptors (Lipinski definition) is 2. The van der Waals surface area contributed by atoms with Gasteiger partial charge in [-0.25, -0.2) is 0 Å². The summed E-state index contributed by atoms with van der Waals surface area (Å²) in [7, 11) is 0. The minimum absolute atomic E-state index is 0.350. The maximum Gasteiger partial charge on any atom is 0.0973 e. The summed E-state index contributed by atoms with van der Waals surface area (Å²) in [5.41, 5.74) is 0.350. The summed E-state index contributed by atoms with van der Waals surface area (Å²) >= 11 is 0. The van der Waals surface area contributed by atoms with Crippen molar-refractivity contribution in [1.82, 2.24) is 0 Å². The predicted molar refractivity (Wildman–Crippen MR) is 33.6 cm³/mol. The van der Waals surface area contributed by atoms with E-state index in [1.165, 1.54) is 12.8 Å². The zero-order valence-corrected chi connectivity index (χ0v) is 5.75. The van der Waals surface area contributed by atoms with E-state index >= 15 is 0 Å². The van der Waals surface area contributed by atoms with Crippen molar-refractivity contribution in [3.05, 3.63) is 0 Å². The Bertz CT molecular complexity index is 209. The quantitative estimate of drug-likeness (QED) is 0.457. The van der Waals surface area contributed by atoms with Crippen LogP contribution in [0.25, 0.3) is 0 Å². The van der Waals surface area contributed by atoms with Crippen molar-refractivity contribution in [2.24, 2.45) is 11.8 Å². The van der Waals surface area contributed by atoms with Gasteiger partial charge < -0.3 is 9.47 Å². The fraction of sp³-hybridized carbons (Fsp3) is 1.00. The zero-order valence-electron chi connectivity index (χ0n) is 5.75. The molecule has 2 nitrogen and oxygen atoms in total. The molecule has 0 aromatic heterocycles. The lowest BCUT2D eigenvalue weighted by atomic mass is 9.89. The fourth-order valence-corrected chi connectivity index (χ4v) is 3.17. The van der Waals surface area contributed by atoms with Crippen molar-refractivity contribution >= 4 is 0 Å². The minimum Gasteiger partial charge on any atom is -0.369 e. The third-order valence-electron chi connectivity index (χ3n) is 3.78. The van der Waals surface area contributed by atoms with Crippen molar-refractivity contribution < 1.29 is 9.47 Å². The summed E-state index contributed by atoms with van der Waals surface area (Å²) in [6.07, 6.45) is 4.00. The molecular formula is C8H10O2. The highest BCUT2D eigenvalue weighted by Crippen LogP contribution is 2.65. The van der Waals surface area contributed by atoms with E-state index in [0.717, 1.165) is 18.4 Å². The number of fused-ring (bicyclic) bond motifs is 6. The maximum atomic E-state index is 5.54. The first kappa shape index (κ1) is 4.73. The molecule has 0 radical (unpaired) electrons. The van der Waals surface area contributed by atoms with Gasteiger partial charge in [0.05, 0.1) is 24.4 Å². The molecule has 0 unspecified atom stereocenters. The third-order valence-corrected chi connectivity index (χ3v) is 3.78. The van der Waals surface area contributed by atoms with Crippen molar-refractivity contribution in [2.45, 2.75) is 30.7 Å². The van der Waals surface area contributed by atoms with E-state index in [0.29, 0.717) is 17.8 Å². The van der Waals surface area contributed by atoms with E-state index in [1.807, 2.05) is 0 Å². The van der Waals surface area contributed by atoms with Crippen LogP contribution in [0, 0.1) is 11.8 Å². The Kier molecular flexibility index (Phi) is 0.504. The Morgan fingerprint density at radius 1 is 1.30 bits per heavy atom. The van der Waals surface area contributed by atoms with Gasteiger partial charge in [0, 0.05) is 5.92 Å². The summed E-state index contributed by atoms with van der Waals surface area (Å²) in [6.45, 7) is 1.03. The largest absolute Gasteiger partial charge is 0.369 e. The van der Waals surface area contributed by atoms with Crippen LogP contribution in [-0.2, 0) is 9.47 Å². The van der Waals surface area contributed by atoms with Crippen molar-refractivity contribution in [3.63, 3.8) is 0 Å². The van der Waals surface area contributed by atoms with E-state index in [-0.39, 0.29) is 0 Å². The summed E-state index contributed by atoms with van der Waals surface area (Å²) < 4.78 is 11.0. The van der Waals surface area contributed by atoms with Gasteiger partial charge in [-0.15, -0.1) is 0 Å². The van der Waals surface area contributed by atoms with Gasteiger partial charge in [0.2, 0.25) is 0 Å². The van der Waals surface area contributed by atoms with Crippen LogP contribution in [0.3, 0.4) is 0 Å². The molecule has 10 heavy (non-hydrogen) atoms. The summed E-state index contributed by atoms with van der Waals surface area (Å²) in [4.78, 5) is 0. The van der Waals surface area contributed by atoms with Gasteiger partial charge in [-0.05, 0) is 18.8 Å². The lowest BCUT2D eigenvalue weighted by Gasteiger charge is -2.12. The van der Waals surface area contributed by atoms with E-state index < -0.39 is 0 Å². The van der Waals surface area contributed by atoms with Gasteiger partial charge in [0.25, 0.3) is 0 Å². The second-order valence-electron chi connectivity index (χ2n) is 4.23. The average Bonchev–Trinajstić information content (AvgIpc) is 2.77. The lowest BCUT2D eigenvalue weighted by Crippen LogP contribution is -2.25. The number of rotatable bonds is 0. The molecule has 2 saturated heterocycles. The van der Waals surface area contributed by atoms with E-state index in [2.05, 4.69) is 0 Å². The van der Waals surface area contributed by atoms with Crippen LogP contribution in [-0.4, -0.2) is 24.4 Å². The number of epoxide rings is 2. The molecule has 0 aromatic rings. The molecule has 4 rings (SSSR count). The van der Waals surface area contributed by atoms with Crippen molar-refractivity contribution in [3.8, 4) is 0 Å². The van der Waals surface area contributed by atoms with E-state index in [4.69, 9.17) is 9.47 Å². The molecule has 4 fully saturated rings. The Morgan fingerprint density at radius 3 is 2.80 bits per heavy atom. The van der Waals surface area contributed by atoms with E-state index in [9.17, 15) is 0 Å². The van der Waals surface area contributed by atoms with Crippen LogP contribution >= 0.6 is 0 Å². The average molecular weight is 138 g/mol. The number of ether oxygens (including phenoxy) is 2. The molecule has 2 saturated carbocycles. The second kappa shape index (κ2) is 1.07. The molecule has 2 bridgehead atoms. The van der Waals surface area contributed by atoms with Crippen LogP contribution < -0.4 is 0 Å². The zero-order chi connectivity index (χ0) is 6.34. The smallest absolute Gasteiger partial charge is 0.0973 e. The monoisotopic (exact) mass is 138 g/mol. The molecule has 0 aromatic carbocycles. The van der Waals surface area contributed by atoms with Gasteiger partial charge in [0.1, 0.15) is 0 Å². The summed E-state index contributed by atoms with van der Waals surface area (Å²) in [5.74, 6) is 1.67. The standard InChI is InChI=1S/C8H10O2/c1-4-2-8(3-9-8)5(1)7-6(4)10-7/h4-7H,1-3H2/t4-,5+,6+,7+,8-/m0/s1. The first-order valence-electron chi connectivity index (χ1n) is 4.18. The Morgan fingerprint density at radius 2 is 2.20 bits per heavy atom. The van der Waals surface area contributed by atoms with Crippen LogP contribution in [0.15, 0.2) is 0 Å². The van der Waals surface area contributed by atoms with Gasteiger partial charge in [-0.3, -0.25) is 0 Å². The normalized spacial score (nSPS) is 74.4. The molecule has 2 aliphatic heterocycles. The van der Waals surface area contributed by atoms with Crippen LogP contribution in [0.5, 0.6) is 0 Å². The molecule has 4 aliphatic rings. The highest BCUT2D eigenvalue weighted by atomic mass is 16.6. The molecule has 0 N–H and O–H groups in total. The highest BCUT2D eigenvalue weighted by Gasteiger charge is 2.73. The van der Waals surface area contributed by atoms with Gasteiger partial charge in [-0.1, -0.05) is 0 Å². The fourth-order valence-electron chi connectivity index (χ4n) is 3.17. The molecule has 2 heterocycles. The molecule has 2 aliphatic carbocycles. The van der Waals surface area contributed by atoms with Crippen molar-refractivity contribution in [2.75, 3.05) is 6.61 Å². The predicted octanol–water partition coefficient (Wildman–Crippen LogP) is 0.563. The second-order valence-corrected chi connectivity index (χ2v) is 4.23. The topological polar surface area (TPSA) is 25.1 Å². The molecular weight excluding hydrogens is 128 g/mol. The van der Waals surface area contributed by atoms with Crippen LogP contribution in [0.1, 0.15) is 12.8 Å². The highest BCUT2D eigenvalue weighted by molar-refractivity contribution is 5.21. The van der Waals surface area contributed by atoms with E-state index in [1.54, 1.807) is 0 Å². The Balaban J connectivity index is 1.84. The minimum atomic E-state index is 0.350. The Hall–Kier alpha value is -0.0800. The lowest BCUT2D eigenvalue weighted by molar-refractivity contribution is 0.206. The first-order chi connectivity index (χ1) is 4.89. The van der Waals surface area contributed by atoms with Gasteiger partial charge in [0.15, 0.2) is 0 Å². The molecule has 0 amide bonds. The Labute approximate surface area is 59.5 Å². The molecule has 1 spiro atoms. The summed E-state index contributed by atoms with van der Waals surface area (Å²) in [5, 5.41) is 0. The van der Waals surface area contributed by atoms with Crippen molar-refractivity contribution in [1.29, 1.82) is 0 Å². The molecule has 54 valence electrons. The van der Waals surface area contributed by atoms with Gasteiger partial charge >= 0.3 is 0 Å². The van der Waals surface area contributed by atoms with Gasteiger partial charge in [-0.2, -0.15) is 0 Å². The molecule has 2 heteroatoms. The van der Waals surface area contributed by atoms with Crippen LogP contribution in [0.4, 0.5) is 0 Å². The maximum absolute atomic E-state index is 5.54. The number of hydrogen-bond donors (Lipinski definition) is 0. The summed E-state index contributed by atoms with van der Waals surface area (Å²) in [6, 6.07) is 0.